The van der Waals surface area contributed by atoms with Crippen molar-refractivity contribution >= 4 is 40.1 Å². The Hall–Kier alpha value is -1.67. The van der Waals surface area contributed by atoms with E-state index in [1.54, 1.807) is 0 Å². The van der Waals surface area contributed by atoms with Crippen LogP contribution in [0.1, 0.15) is 21.7 Å². The number of hydrogen-bond acceptors (Lipinski definition) is 4. The summed E-state index contributed by atoms with van der Waals surface area (Å²) in [4.78, 5) is 12.3. The molecule has 0 aliphatic carbocycles. The lowest BCUT2D eigenvalue weighted by Crippen LogP contribution is -2.07. The number of benzene rings is 2. The van der Waals surface area contributed by atoms with Crippen LogP contribution in [-0.2, 0) is 6.54 Å². The highest BCUT2D eigenvalue weighted by atomic mass is 127. The molecule has 24 heavy (non-hydrogen) atoms. The van der Waals surface area contributed by atoms with Crippen LogP contribution in [0.15, 0.2) is 59.8 Å². The molecule has 122 valence electrons. The number of thioether (sulfide) groups is 1. The van der Waals surface area contributed by atoms with Crippen molar-refractivity contribution in [3.63, 3.8) is 0 Å². The summed E-state index contributed by atoms with van der Waals surface area (Å²) in [6.07, 6.45) is 0. The molecule has 0 aliphatic heterocycles. The number of aryl methyl sites for hydroxylation is 1. The zero-order valence-corrected chi connectivity index (χ0v) is 16.1. The van der Waals surface area contributed by atoms with Gasteiger partial charge in [-0.15, -0.1) is 10.2 Å². The fourth-order valence-corrected chi connectivity index (χ4v) is 3.50. The molecule has 0 unspecified atom stereocenters. The minimum absolute atomic E-state index is 0.100. The molecule has 3 rings (SSSR count). The van der Waals surface area contributed by atoms with E-state index in [1.165, 1.54) is 17.3 Å². The van der Waals surface area contributed by atoms with Gasteiger partial charge in [0, 0.05) is 9.13 Å². The summed E-state index contributed by atoms with van der Waals surface area (Å²) in [6.45, 7) is 2.64. The Morgan fingerprint density at radius 3 is 2.50 bits per heavy atom. The van der Waals surface area contributed by atoms with Gasteiger partial charge in [0.1, 0.15) is 5.82 Å². The molecule has 0 radical (unpaired) electrons. The molecule has 0 bridgehead atoms. The minimum atomic E-state index is 0.100. The monoisotopic (exact) mass is 449 g/mol. The predicted octanol–water partition coefficient (Wildman–Crippen LogP) is 4.21. The molecule has 1 aromatic heterocycles. The first-order valence-electron chi connectivity index (χ1n) is 7.49. The number of hydrogen-bond donors (Lipinski definition) is 0. The maximum absolute atomic E-state index is 12.3. The molecule has 4 nitrogen and oxygen atoms in total. The highest BCUT2D eigenvalue weighted by Crippen LogP contribution is 2.20. The van der Waals surface area contributed by atoms with Gasteiger partial charge in [0.05, 0.1) is 12.3 Å². The number of Topliss-reactive ketones (excluding diaryl/α,β-unsaturated/α-hetero) is 1. The molecule has 0 spiro atoms. The van der Waals surface area contributed by atoms with E-state index in [0.29, 0.717) is 12.3 Å². The number of nitrogens with zero attached hydrogens (tertiary/aromatic N) is 3. The van der Waals surface area contributed by atoms with Crippen molar-refractivity contribution in [2.45, 2.75) is 18.6 Å². The van der Waals surface area contributed by atoms with Crippen molar-refractivity contribution in [1.29, 1.82) is 0 Å². The minimum Gasteiger partial charge on any atom is -0.302 e. The van der Waals surface area contributed by atoms with E-state index >= 15 is 0 Å². The molecule has 6 heteroatoms. The van der Waals surface area contributed by atoms with Crippen LogP contribution in [0.3, 0.4) is 0 Å². The maximum Gasteiger partial charge on any atom is 0.191 e. The summed E-state index contributed by atoms with van der Waals surface area (Å²) >= 11 is 3.66. The SMILES string of the molecule is Cc1nnc(SCC(=O)c2ccc(I)cc2)n1Cc1ccccc1. The predicted molar refractivity (Wildman–Crippen MR) is 105 cm³/mol. The number of carbonyl (C=O) groups is 1. The van der Waals surface area contributed by atoms with Crippen LogP contribution in [-0.4, -0.2) is 26.3 Å². The van der Waals surface area contributed by atoms with Crippen molar-refractivity contribution < 1.29 is 4.79 Å². The molecular formula is C18H16IN3OS. The van der Waals surface area contributed by atoms with Crippen molar-refractivity contribution in [3.05, 3.63) is 75.1 Å². The topological polar surface area (TPSA) is 47.8 Å². The van der Waals surface area contributed by atoms with E-state index in [2.05, 4.69) is 44.9 Å². The largest absolute Gasteiger partial charge is 0.302 e. The van der Waals surface area contributed by atoms with Gasteiger partial charge < -0.3 is 4.57 Å². The second-order valence-electron chi connectivity index (χ2n) is 5.32. The average Bonchev–Trinajstić information content (AvgIpc) is 2.94. The Balaban J connectivity index is 1.69. The normalized spacial score (nSPS) is 10.8. The highest BCUT2D eigenvalue weighted by Gasteiger charge is 2.13. The lowest BCUT2D eigenvalue weighted by Gasteiger charge is -2.08. The number of halogens is 1. The van der Waals surface area contributed by atoms with E-state index in [-0.39, 0.29) is 5.78 Å². The average molecular weight is 449 g/mol. The maximum atomic E-state index is 12.3. The molecule has 0 saturated heterocycles. The van der Waals surface area contributed by atoms with Crippen molar-refractivity contribution in [3.8, 4) is 0 Å². The van der Waals surface area contributed by atoms with Gasteiger partial charge in [-0.2, -0.15) is 0 Å². The van der Waals surface area contributed by atoms with Gasteiger partial charge in [-0.05, 0) is 47.2 Å². The summed E-state index contributed by atoms with van der Waals surface area (Å²) in [5.74, 6) is 1.31. The lowest BCUT2D eigenvalue weighted by molar-refractivity contribution is 0.102. The molecule has 0 fully saturated rings. The first-order chi connectivity index (χ1) is 11.6. The van der Waals surface area contributed by atoms with Crippen molar-refractivity contribution in [1.82, 2.24) is 14.8 Å². The lowest BCUT2D eigenvalue weighted by atomic mass is 10.2. The molecule has 0 atom stereocenters. The highest BCUT2D eigenvalue weighted by molar-refractivity contribution is 14.1. The van der Waals surface area contributed by atoms with Gasteiger partial charge in [-0.25, -0.2) is 0 Å². The van der Waals surface area contributed by atoms with Gasteiger partial charge in [0.15, 0.2) is 10.9 Å². The van der Waals surface area contributed by atoms with Gasteiger partial charge in [0.25, 0.3) is 0 Å². The second-order valence-corrected chi connectivity index (χ2v) is 7.51. The first kappa shape index (κ1) is 17.2. The Kier molecular flexibility index (Phi) is 5.68. The summed E-state index contributed by atoms with van der Waals surface area (Å²) in [5, 5.41) is 9.14. The Morgan fingerprint density at radius 1 is 1.08 bits per heavy atom. The fourth-order valence-electron chi connectivity index (χ4n) is 2.27. The first-order valence-corrected chi connectivity index (χ1v) is 9.55. The Bertz CT molecular complexity index is 831. The molecule has 2 aromatic carbocycles. The Morgan fingerprint density at radius 2 is 1.79 bits per heavy atom. The van der Waals surface area contributed by atoms with E-state index < -0.39 is 0 Å². The van der Waals surface area contributed by atoms with Crippen molar-refractivity contribution in [2.24, 2.45) is 0 Å². The third-order valence-electron chi connectivity index (χ3n) is 3.58. The summed E-state index contributed by atoms with van der Waals surface area (Å²) in [6, 6.07) is 17.8. The van der Waals surface area contributed by atoms with Gasteiger partial charge in [-0.3, -0.25) is 4.79 Å². The zero-order valence-electron chi connectivity index (χ0n) is 13.1. The number of carbonyl (C=O) groups excluding carboxylic acids is 1. The van der Waals surface area contributed by atoms with Crippen LogP contribution in [0.2, 0.25) is 0 Å². The third kappa shape index (κ3) is 4.24. The van der Waals surface area contributed by atoms with Crippen molar-refractivity contribution in [2.75, 3.05) is 5.75 Å². The molecule has 0 saturated carbocycles. The molecule has 0 amide bonds. The van der Waals surface area contributed by atoms with Crippen LogP contribution in [0, 0.1) is 10.5 Å². The third-order valence-corrected chi connectivity index (χ3v) is 5.27. The van der Waals surface area contributed by atoms with Crippen LogP contribution < -0.4 is 0 Å². The fraction of sp³-hybridized carbons (Fsp3) is 0.167. The van der Waals surface area contributed by atoms with Gasteiger partial charge >= 0.3 is 0 Å². The van der Waals surface area contributed by atoms with Gasteiger partial charge in [0.2, 0.25) is 0 Å². The molecular weight excluding hydrogens is 433 g/mol. The van der Waals surface area contributed by atoms with Crippen LogP contribution in [0.4, 0.5) is 0 Å². The van der Waals surface area contributed by atoms with Crippen LogP contribution in [0.25, 0.3) is 0 Å². The van der Waals surface area contributed by atoms with E-state index in [4.69, 9.17) is 0 Å². The summed E-state index contributed by atoms with van der Waals surface area (Å²) < 4.78 is 3.16. The van der Waals surface area contributed by atoms with E-state index in [1.807, 2.05) is 54.0 Å². The molecule has 0 aliphatic rings. The van der Waals surface area contributed by atoms with Crippen LogP contribution >= 0.6 is 34.4 Å². The van der Waals surface area contributed by atoms with E-state index in [0.717, 1.165) is 20.1 Å². The Labute approximate surface area is 158 Å². The molecule has 1 heterocycles. The summed E-state index contributed by atoms with van der Waals surface area (Å²) in [7, 11) is 0. The summed E-state index contributed by atoms with van der Waals surface area (Å²) in [5.41, 5.74) is 1.92. The quantitative estimate of drug-likeness (QED) is 0.321. The smallest absolute Gasteiger partial charge is 0.191 e. The second kappa shape index (κ2) is 7.94. The molecule has 0 N–H and O–H groups in total. The van der Waals surface area contributed by atoms with E-state index in [9.17, 15) is 4.79 Å². The van der Waals surface area contributed by atoms with Gasteiger partial charge in [-0.1, -0.05) is 54.2 Å². The number of rotatable bonds is 6. The number of aromatic nitrogens is 3. The van der Waals surface area contributed by atoms with Crippen LogP contribution in [0.5, 0.6) is 0 Å². The number of ketones is 1. The molecule has 3 aromatic rings. The zero-order chi connectivity index (χ0) is 16.9. The standard InChI is InChI=1S/C18H16IN3OS/c1-13-20-21-18(22(13)11-14-5-3-2-4-6-14)24-12-17(23)15-7-9-16(19)10-8-15/h2-10H,11-12H2,1H3.